The van der Waals surface area contributed by atoms with Crippen LogP contribution in [0, 0.1) is 20.8 Å². The number of carbonyl (C=O) groups is 1. The highest BCUT2D eigenvalue weighted by molar-refractivity contribution is 6.15. The number of carbonyl (C=O) groups excluding carboxylic acids is 1. The van der Waals surface area contributed by atoms with Gasteiger partial charge in [-0.15, -0.1) is 0 Å². The molecule has 0 fully saturated rings. The fraction of sp³-hybridized carbons (Fsp3) is 0.267. The number of aromatic nitrogens is 1. The van der Waals surface area contributed by atoms with Gasteiger partial charge < -0.3 is 10.1 Å². The molecule has 0 saturated carbocycles. The molecular weight excluding hydrogens is 420 g/mol. The number of hydrogen-bond donors (Lipinski definition) is 1. The van der Waals surface area contributed by atoms with Crippen LogP contribution in [0.5, 0.6) is 5.75 Å². The second-order valence-electron chi connectivity index (χ2n) is 8.78. The van der Waals surface area contributed by atoms with Crippen LogP contribution in [0.1, 0.15) is 52.0 Å². The molecule has 0 radical (unpaired) electrons. The molecule has 0 saturated heterocycles. The fourth-order valence-corrected chi connectivity index (χ4v) is 4.72. The number of aryl methyl sites for hydroxylation is 4. The molecule has 0 aliphatic rings. The van der Waals surface area contributed by atoms with Gasteiger partial charge in [-0.1, -0.05) is 43.7 Å². The number of hydrogen-bond acceptors (Lipinski definition) is 3. The van der Waals surface area contributed by atoms with Gasteiger partial charge in [-0.3, -0.25) is 4.79 Å². The van der Waals surface area contributed by atoms with E-state index >= 15 is 0 Å². The molecule has 0 bridgehead atoms. The number of rotatable bonds is 6. The highest BCUT2D eigenvalue weighted by Gasteiger charge is 2.22. The first-order valence-corrected chi connectivity index (χ1v) is 11.9. The lowest BCUT2D eigenvalue weighted by atomic mass is 9.94. The number of pyridine rings is 1. The predicted octanol–water partition coefficient (Wildman–Crippen LogP) is 7.21. The van der Waals surface area contributed by atoms with Crippen LogP contribution < -0.4 is 10.1 Å². The highest BCUT2D eigenvalue weighted by atomic mass is 16.5. The highest BCUT2D eigenvalue weighted by Crippen LogP contribution is 2.34. The normalized spacial score (nSPS) is 11.0. The van der Waals surface area contributed by atoms with Crippen molar-refractivity contribution in [1.29, 1.82) is 0 Å². The van der Waals surface area contributed by atoms with Crippen molar-refractivity contribution < 1.29 is 9.53 Å². The first-order valence-electron chi connectivity index (χ1n) is 11.9. The molecule has 34 heavy (non-hydrogen) atoms. The summed E-state index contributed by atoms with van der Waals surface area (Å²) in [6, 6.07) is 18.3. The lowest BCUT2D eigenvalue weighted by Crippen LogP contribution is -2.17. The van der Waals surface area contributed by atoms with E-state index in [0.717, 1.165) is 74.3 Å². The minimum absolute atomic E-state index is 0.0970. The van der Waals surface area contributed by atoms with E-state index in [-0.39, 0.29) is 5.91 Å². The Bertz CT molecular complexity index is 1350. The standard InChI is InChI=1S/C30H32N2O2/c1-7-21-10-9-11-22(8-2)29(21)32-30(33)26-20(5)28(23-12-14-24(34-6)15-13-23)31-27-19(4)16-18(3)17-25(26)27/h9-17H,7-8H2,1-6H3,(H,32,33). The predicted molar refractivity (Wildman–Crippen MR) is 141 cm³/mol. The molecule has 0 spiro atoms. The van der Waals surface area contributed by atoms with Crippen LogP contribution in [0.3, 0.4) is 0 Å². The van der Waals surface area contributed by atoms with Crippen LogP contribution in [0.15, 0.2) is 54.6 Å². The van der Waals surface area contributed by atoms with Crippen molar-refractivity contribution in [3.8, 4) is 17.0 Å². The molecule has 4 aromatic rings. The molecular formula is C30H32N2O2. The summed E-state index contributed by atoms with van der Waals surface area (Å²) >= 11 is 0. The number of nitrogens with one attached hydrogen (secondary N) is 1. The second kappa shape index (κ2) is 9.68. The molecule has 1 amide bonds. The molecule has 1 heterocycles. The maximum atomic E-state index is 13.9. The molecule has 0 unspecified atom stereocenters. The zero-order chi connectivity index (χ0) is 24.4. The Kier molecular flexibility index (Phi) is 6.69. The Morgan fingerprint density at radius 1 is 0.941 bits per heavy atom. The van der Waals surface area contributed by atoms with Gasteiger partial charge in [0.05, 0.1) is 23.9 Å². The summed E-state index contributed by atoms with van der Waals surface area (Å²) in [5.41, 5.74) is 9.55. The van der Waals surface area contributed by atoms with Crippen LogP contribution >= 0.6 is 0 Å². The minimum atomic E-state index is -0.0970. The van der Waals surface area contributed by atoms with Crippen LogP contribution in [-0.4, -0.2) is 18.0 Å². The Morgan fingerprint density at radius 2 is 1.59 bits per heavy atom. The zero-order valence-electron chi connectivity index (χ0n) is 20.9. The zero-order valence-corrected chi connectivity index (χ0v) is 20.9. The number of amides is 1. The largest absolute Gasteiger partial charge is 0.497 e. The molecule has 0 aliphatic heterocycles. The molecule has 4 rings (SSSR count). The van der Waals surface area contributed by atoms with E-state index < -0.39 is 0 Å². The summed E-state index contributed by atoms with van der Waals surface area (Å²) in [7, 11) is 1.65. The fourth-order valence-electron chi connectivity index (χ4n) is 4.72. The molecule has 3 aromatic carbocycles. The SMILES string of the molecule is CCc1cccc(CC)c1NC(=O)c1c(C)c(-c2ccc(OC)cc2)nc2c(C)cc(C)cc12. The number of ether oxygens (including phenoxy) is 1. The third-order valence-electron chi connectivity index (χ3n) is 6.50. The second-order valence-corrected chi connectivity index (χ2v) is 8.78. The Labute approximate surface area is 202 Å². The number of anilines is 1. The maximum absolute atomic E-state index is 13.9. The van der Waals surface area contributed by atoms with Crippen molar-refractivity contribution in [2.24, 2.45) is 0 Å². The Balaban J connectivity index is 1.94. The third kappa shape index (κ3) is 4.28. The first-order chi connectivity index (χ1) is 16.4. The van der Waals surface area contributed by atoms with Gasteiger partial charge in [-0.25, -0.2) is 4.98 Å². The van der Waals surface area contributed by atoms with E-state index in [1.165, 1.54) is 0 Å². The lowest BCUT2D eigenvalue weighted by molar-refractivity contribution is 0.102. The van der Waals surface area contributed by atoms with Crippen molar-refractivity contribution in [2.75, 3.05) is 12.4 Å². The van der Waals surface area contributed by atoms with E-state index in [2.05, 4.69) is 63.3 Å². The van der Waals surface area contributed by atoms with Crippen molar-refractivity contribution in [3.63, 3.8) is 0 Å². The maximum Gasteiger partial charge on any atom is 0.256 e. The number of para-hydroxylation sites is 1. The van der Waals surface area contributed by atoms with Crippen LogP contribution in [0.25, 0.3) is 22.2 Å². The van der Waals surface area contributed by atoms with Gasteiger partial charge in [-0.2, -0.15) is 0 Å². The van der Waals surface area contributed by atoms with Gasteiger partial charge >= 0.3 is 0 Å². The monoisotopic (exact) mass is 452 g/mol. The summed E-state index contributed by atoms with van der Waals surface area (Å²) in [5.74, 6) is 0.690. The van der Waals surface area contributed by atoms with Crippen molar-refractivity contribution in [1.82, 2.24) is 4.98 Å². The molecule has 174 valence electrons. The number of fused-ring (bicyclic) bond motifs is 1. The van der Waals surface area contributed by atoms with Gasteiger partial charge in [0.15, 0.2) is 0 Å². The van der Waals surface area contributed by atoms with Gasteiger partial charge in [-0.05, 0) is 86.2 Å². The van der Waals surface area contributed by atoms with Crippen molar-refractivity contribution in [2.45, 2.75) is 47.5 Å². The summed E-state index contributed by atoms with van der Waals surface area (Å²) in [6.45, 7) is 10.3. The molecule has 1 aromatic heterocycles. The number of benzene rings is 3. The minimum Gasteiger partial charge on any atom is -0.497 e. The Hall–Kier alpha value is -3.66. The smallest absolute Gasteiger partial charge is 0.256 e. The van der Waals surface area contributed by atoms with Gasteiger partial charge in [0.25, 0.3) is 5.91 Å². The summed E-state index contributed by atoms with van der Waals surface area (Å²) < 4.78 is 5.33. The van der Waals surface area contributed by atoms with Crippen LogP contribution in [0.4, 0.5) is 5.69 Å². The quantitative estimate of drug-likeness (QED) is 0.336. The Morgan fingerprint density at radius 3 is 2.18 bits per heavy atom. The lowest BCUT2D eigenvalue weighted by Gasteiger charge is -2.19. The topological polar surface area (TPSA) is 51.2 Å². The first kappa shape index (κ1) is 23.5. The number of nitrogens with zero attached hydrogens (tertiary/aromatic N) is 1. The summed E-state index contributed by atoms with van der Waals surface area (Å²) in [4.78, 5) is 19.0. The summed E-state index contributed by atoms with van der Waals surface area (Å²) in [6.07, 6.45) is 1.71. The molecule has 4 heteroatoms. The summed E-state index contributed by atoms with van der Waals surface area (Å²) in [5, 5.41) is 4.17. The third-order valence-corrected chi connectivity index (χ3v) is 6.50. The average molecular weight is 453 g/mol. The van der Waals surface area contributed by atoms with Crippen LogP contribution in [-0.2, 0) is 12.8 Å². The van der Waals surface area contributed by atoms with E-state index in [9.17, 15) is 4.79 Å². The van der Waals surface area contributed by atoms with Crippen molar-refractivity contribution in [3.05, 3.63) is 88.0 Å². The van der Waals surface area contributed by atoms with E-state index in [4.69, 9.17) is 9.72 Å². The molecule has 4 nitrogen and oxygen atoms in total. The van der Waals surface area contributed by atoms with Gasteiger partial charge in [0.2, 0.25) is 0 Å². The van der Waals surface area contributed by atoms with Gasteiger partial charge in [0, 0.05) is 16.6 Å². The molecule has 1 N–H and O–H groups in total. The van der Waals surface area contributed by atoms with E-state index in [1.807, 2.05) is 31.2 Å². The van der Waals surface area contributed by atoms with E-state index in [0.29, 0.717) is 5.56 Å². The van der Waals surface area contributed by atoms with Crippen molar-refractivity contribution >= 4 is 22.5 Å². The number of methoxy groups -OCH3 is 1. The average Bonchev–Trinajstić information content (AvgIpc) is 2.83. The van der Waals surface area contributed by atoms with Crippen LogP contribution in [0.2, 0.25) is 0 Å². The van der Waals surface area contributed by atoms with E-state index in [1.54, 1.807) is 7.11 Å². The van der Waals surface area contributed by atoms with Gasteiger partial charge in [0.1, 0.15) is 5.75 Å². The molecule has 0 aliphatic carbocycles. The molecule has 0 atom stereocenters.